The van der Waals surface area contributed by atoms with Crippen LogP contribution in [0.3, 0.4) is 0 Å². The number of sulfonamides is 1. The molecule has 5 nitrogen and oxygen atoms in total. The largest absolute Gasteiger partial charge is 0.349 e. The maximum atomic E-state index is 12.8. The zero-order chi connectivity index (χ0) is 15.6. The van der Waals surface area contributed by atoms with Gasteiger partial charge < -0.3 is 5.32 Å². The molecule has 1 aromatic heterocycles. The van der Waals surface area contributed by atoms with Crippen LogP contribution in [0.1, 0.15) is 54.6 Å². The van der Waals surface area contributed by atoms with E-state index < -0.39 is 10.0 Å². The minimum atomic E-state index is -3.55. The molecule has 0 unspecified atom stereocenters. The van der Waals surface area contributed by atoms with Crippen LogP contribution in [0.2, 0.25) is 0 Å². The minimum Gasteiger partial charge on any atom is -0.349 e. The average Bonchev–Trinajstić information content (AvgIpc) is 3.19. The fourth-order valence-electron chi connectivity index (χ4n) is 3.23. The quantitative estimate of drug-likeness (QED) is 0.914. The highest BCUT2D eigenvalue weighted by atomic mass is 32.2. The van der Waals surface area contributed by atoms with Gasteiger partial charge >= 0.3 is 0 Å². The van der Waals surface area contributed by atoms with Gasteiger partial charge in [0.05, 0.1) is 0 Å². The molecular formula is C15H22N2O3S2. The van der Waals surface area contributed by atoms with Crippen molar-refractivity contribution in [2.45, 2.75) is 55.9 Å². The Hall–Kier alpha value is -0.920. The van der Waals surface area contributed by atoms with E-state index in [-0.39, 0.29) is 16.8 Å². The molecule has 0 radical (unpaired) electrons. The minimum absolute atomic E-state index is 0.176. The summed E-state index contributed by atoms with van der Waals surface area (Å²) in [7, 11) is -3.55. The maximum absolute atomic E-state index is 12.8. The van der Waals surface area contributed by atoms with Crippen LogP contribution in [-0.4, -0.2) is 37.8 Å². The van der Waals surface area contributed by atoms with E-state index in [2.05, 4.69) is 5.32 Å². The fraction of sp³-hybridized carbons (Fsp3) is 0.667. The maximum Gasteiger partial charge on any atom is 0.262 e. The summed E-state index contributed by atoms with van der Waals surface area (Å²) in [4.78, 5) is 12.9. The van der Waals surface area contributed by atoms with E-state index in [4.69, 9.17) is 0 Å². The molecule has 7 heteroatoms. The van der Waals surface area contributed by atoms with Gasteiger partial charge in [-0.05, 0) is 37.1 Å². The summed E-state index contributed by atoms with van der Waals surface area (Å²) in [6.07, 6.45) is 7.11. The van der Waals surface area contributed by atoms with Crippen LogP contribution in [0.4, 0.5) is 0 Å². The van der Waals surface area contributed by atoms with E-state index in [1.807, 2.05) is 0 Å². The van der Waals surface area contributed by atoms with E-state index in [1.54, 1.807) is 11.4 Å². The summed E-state index contributed by atoms with van der Waals surface area (Å²) >= 11 is 1.21. The molecule has 22 heavy (non-hydrogen) atoms. The highest BCUT2D eigenvalue weighted by Gasteiger charge is 2.31. The summed E-state index contributed by atoms with van der Waals surface area (Å²) in [5, 5.41) is 4.68. The third kappa shape index (κ3) is 3.21. The van der Waals surface area contributed by atoms with E-state index in [0.29, 0.717) is 18.0 Å². The normalized spacial score (nSPS) is 21.1. The fourth-order valence-corrected chi connectivity index (χ4v) is 6.05. The molecule has 0 bridgehead atoms. The molecule has 2 heterocycles. The lowest BCUT2D eigenvalue weighted by Gasteiger charge is -2.26. The highest BCUT2D eigenvalue weighted by Crippen LogP contribution is 2.28. The standard InChI is InChI=1S/C15H22N2O3S2/c18-15(16-12-6-2-3-7-12)14-13(8-11-21-14)22(19,20)17-9-4-1-5-10-17/h8,11-12H,1-7,9-10H2,(H,16,18). The van der Waals surface area contributed by atoms with Gasteiger partial charge in [0.15, 0.2) is 0 Å². The number of nitrogens with zero attached hydrogens (tertiary/aromatic N) is 1. The number of piperidine rings is 1. The van der Waals surface area contributed by atoms with Gasteiger partial charge in [0, 0.05) is 19.1 Å². The van der Waals surface area contributed by atoms with Gasteiger partial charge in [-0.1, -0.05) is 19.3 Å². The number of carbonyl (C=O) groups is 1. The van der Waals surface area contributed by atoms with Gasteiger partial charge in [-0.2, -0.15) is 4.31 Å². The van der Waals surface area contributed by atoms with Gasteiger partial charge in [-0.25, -0.2) is 8.42 Å². The number of carbonyl (C=O) groups excluding carboxylic acids is 1. The molecule has 1 saturated heterocycles. The summed E-state index contributed by atoms with van der Waals surface area (Å²) in [5.74, 6) is -0.238. The monoisotopic (exact) mass is 342 g/mol. The lowest BCUT2D eigenvalue weighted by atomic mass is 10.2. The van der Waals surface area contributed by atoms with Crippen LogP contribution in [0.15, 0.2) is 16.3 Å². The Morgan fingerprint density at radius 1 is 1.14 bits per heavy atom. The number of rotatable bonds is 4. The molecule has 2 fully saturated rings. The van der Waals surface area contributed by atoms with Gasteiger partial charge in [0.25, 0.3) is 5.91 Å². The predicted octanol–water partition coefficient (Wildman–Crippen LogP) is 2.60. The Balaban J connectivity index is 1.79. The van der Waals surface area contributed by atoms with Crippen molar-refractivity contribution in [3.05, 3.63) is 16.3 Å². The molecular weight excluding hydrogens is 320 g/mol. The Labute approximate surface area is 135 Å². The number of nitrogens with one attached hydrogen (secondary N) is 1. The average molecular weight is 342 g/mol. The second kappa shape index (κ2) is 6.68. The molecule has 1 amide bonds. The molecule has 1 N–H and O–H groups in total. The van der Waals surface area contributed by atoms with Crippen molar-refractivity contribution < 1.29 is 13.2 Å². The summed E-state index contributed by atoms with van der Waals surface area (Å²) in [6, 6.07) is 1.76. The third-order valence-corrected chi connectivity index (χ3v) is 7.44. The SMILES string of the molecule is O=C(NC1CCCC1)c1sccc1S(=O)(=O)N1CCCCC1. The van der Waals surface area contributed by atoms with Crippen LogP contribution in [-0.2, 0) is 10.0 Å². The molecule has 2 aliphatic rings. The van der Waals surface area contributed by atoms with Crippen LogP contribution < -0.4 is 5.32 Å². The zero-order valence-electron chi connectivity index (χ0n) is 12.6. The molecule has 0 spiro atoms. The molecule has 1 aromatic rings. The summed E-state index contributed by atoms with van der Waals surface area (Å²) in [5.41, 5.74) is 0. The van der Waals surface area contributed by atoms with Crippen molar-refractivity contribution in [2.75, 3.05) is 13.1 Å². The third-order valence-electron chi connectivity index (χ3n) is 4.46. The smallest absolute Gasteiger partial charge is 0.262 e. The number of hydrogen-bond acceptors (Lipinski definition) is 4. The Kier molecular flexibility index (Phi) is 4.84. The first-order valence-corrected chi connectivity index (χ1v) is 10.3. The van der Waals surface area contributed by atoms with E-state index in [1.165, 1.54) is 15.6 Å². The first-order chi connectivity index (χ1) is 10.6. The van der Waals surface area contributed by atoms with Crippen molar-refractivity contribution in [1.82, 2.24) is 9.62 Å². The van der Waals surface area contributed by atoms with Gasteiger partial charge in [0.1, 0.15) is 9.77 Å². The van der Waals surface area contributed by atoms with Gasteiger partial charge in [-0.15, -0.1) is 11.3 Å². The lowest BCUT2D eigenvalue weighted by molar-refractivity contribution is 0.0939. The Morgan fingerprint density at radius 3 is 2.50 bits per heavy atom. The lowest BCUT2D eigenvalue weighted by Crippen LogP contribution is -2.37. The first-order valence-electron chi connectivity index (χ1n) is 7.97. The highest BCUT2D eigenvalue weighted by molar-refractivity contribution is 7.89. The molecule has 1 saturated carbocycles. The summed E-state index contributed by atoms with van der Waals surface area (Å²) < 4.78 is 27.0. The molecule has 1 aliphatic heterocycles. The Morgan fingerprint density at radius 2 is 1.82 bits per heavy atom. The Bertz CT molecular complexity index is 627. The van der Waals surface area contributed by atoms with Crippen LogP contribution >= 0.6 is 11.3 Å². The van der Waals surface area contributed by atoms with Crippen molar-refractivity contribution in [2.24, 2.45) is 0 Å². The first kappa shape index (κ1) is 16.0. The van der Waals surface area contributed by atoms with Gasteiger partial charge in [0.2, 0.25) is 10.0 Å². The van der Waals surface area contributed by atoms with Crippen LogP contribution in [0.5, 0.6) is 0 Å². The molecule has 3 rings (SSSR count). The van der Waals surface area contributed by atoms with E-state index >= 15 is 0 Å². The van der Waals surface area contributed by atoms with Crippen molar-refractivity contribution >= 4 is 27.3 Å². The van der Waals surface area contributed by atoms with Gasteiger partial charge in [-0.3, -0.25) is 4.79 Å². The molecule has 122 valence electrons. The number of thiophene rings is 1. The van der Waals surface area contributed by atoms with E-state index in [0.717, 1.165) is 44.9 Å². The predicted molar refractivity (Wildman–Crippen MR) is 86.7 cm³/mol. The second-order valence-electron chi connectivity index (χ2n) is 6.03. The molecule has 0 atom stereocenters. The molecule has 1 aliphatic carbocycles. The zero-order valence-corrected chi connectivity index (χ0v) is 14.2. The van der Waals surface area contributed by atoms with Crippen molar-refractivity contribution in [3.63, 3.8) is 0 Å². The summed E-state index contributed by atoms with van der Waals surface area (Å²) in [6.45, 7) is 1.11. The van der Waals surface area contributed by atoms with Crippen molar-refractivity contribution in [3.8, 4) is 0 Å². The molecule has 0 aromatic carbocycles. The van der Waals surface area contributed by atoms with Crippen molar-refractivity contribution in [1.29, 1.82) is 0 Å². The van der Waals surface area contributed by atoms with Crippen LogP contribution in [0.25, 0.3) is 0 Å². The number of hydrogen-bond donors (Lipinski definition) is 1. The second-order valence-corrected chi connectivity index (χ2v) is 8.86. The van der Waals surface area contributed by atoms with E-state index in [9.17, 15) is 13.2 Å². The topological polar surface area (TPSA) is 66.5 Å². The van der Waals surface area contributed by atoms with Crippen LogP contribution in [0, 0.1) is 0 Å². The number of amides is 1.